The molecule has 4 N–H and O–H groups in total. The van der Waals surface area contributed by atoms with Crippen molar-refractivity contribution in [1.29, 1.82) is 0 Å². The van der Waals surface area contributed by atoms with E-state index in [-0.39, 0.29) is 6.04 Å². The number of carbonyl (C=O) groups is 2. The molecule has 0 aliphatic heterocycles. The van der Waals surface area contributed by atoms with Crippen molar-refractivity contribution in [3.8, 4) is 0 Å². The lowest BCUT2D eigenvalue weighted by Crippen LogP contribution is -2.18. The number of furan rings is 1. The highest BCUT2D eigenvalue weighted by Gasteiger charge is 2.16. The van der Waals surface area contributed by atoms with Crippen molar-refractivity contribution < 1.29 is 24.2 Å². The van der Waals surface area contributed by atoms with E-state index in [9.17, 15) is 0 Å². The van der Waals surface area contributed by atoms with E-state index in [2.05, 4.69) is 0 Å². The Bertz CT molecular complexity index is 694. The first-order valence-electron chi connectivity index (χ1n) is 6.53. The normalized spacial score (nSPS) is 11.7. The lowest BCUT2D eigenvalue weighted by molar-refractivity contribution is -0.159. The Morgan fingerprint density at radius 1 is 1.27 bits per heavy atom. The summed E-state index contributed by atoms with van der Waals surface area (Å²) in [6.07, 6.45) is 2.49. The van der Waals surface area contributed by atoms with Crippen LogP contribution in [0.25, 0.3) is 11.0 Å². The molecule has 0 saturated heterocycles. The Hall–Kier alpha value is -2.05. The van der Waals surface area contributed by atoms with E-state index in [0.29, 0.717) is 0 Å². The number of halogens is 1. The summed E-state index contributed by atoms with van der Waals surface area (Å²) in [5, 5.41) is 16.7. The van der Waals surface area contributed by atoms with Crippen LogP contribution in [0.5, 0.6) is 0 Å². The van der Waals surface area contributed by atoms with Crippen molar-refractivity contribution in [3.05, 3.63) is 34.0 Å². The van der Waals surface area contributed by atoms with Gasteiger partial charge < -0.3 is 20.4 Å². The lowest BCUT2D eigenvalue weighted by atomic mass is 9.97. The third-order valence-corrected chi connectivity index (χ3v) is 3.73. The molecule has 7 heteroatoms. The second-order valence-electron chi connectivity index (χ2n) is 5.00. The van der Waals surface area contributed by atoms with Crippen molar-refractivity contribution in [2.45, 2.75) is 33.2 Å². The average molecular weight is 328 g/mol. The standard InChI is InChI=1S/C13H16ClNO.C2H2O4/c1-7(15)6-11-9(3)12(14)8(2)10-4-5-16-13(10)11;3-1(4)2(5)6/h4-5,7H,6,15H2,1-3H3;(H,3,4)(H,5,6). The first-order chi connectivity index (χ1) is 10.2. The zero-order chi connectivity index (χ0) is 17.0. The van der Waals surface area contributed by atoms with Crippen LogP contribution in [0.4, 0.5) is 0 Å². The van der Waals surface area contributed by atoms with E-state index in [4.69, 9.17) is 41.6 Å². The van der Waals surface area contributed by atoms with Gasteiger partial charge in [-0.3, -0.25) is 0 Å². The zero-order valence-electron chi connectivity index (χ0n) is 12.5. The Labute approximate surface area is 132 Å². The minimum Gasteiger partial charge on any atom is -0.473 e. The summed E-state index contributed by atoms with van der Waals surface area (Å²) in [5.41, 5.74) is 10.1. The number of aryl methyl sites for hydroxylation is 1. The number of aliphatic carboxylic acids is 2. The maximum absolute atomic E-state index is 9.10. The summed E-state index contributed by atoms with van der Waals surface area (Å²) in [6.45, 7) is 6.03. The van der Waals surface area contributed by atoms with Gasteiger partial charge in [-0.25, -0.2) is 9.59 Å². The summed E-state index contributed by atoms with van der Waals surface area (Å²) >= 11 is 6.32. The van der Waals surface area contributed by atoms with Crippen LogP contribution in [0.15, 0.2) is 16.7 Å². The molecule has 1 aromatic heterocycles. The molecule has 22 heavy (non-hydrogen) atoms. The average Bonchev–Trinajstić information content (AvgIpc) is 2.91. The number of carboxylic acids is 2. The maximum Gasteiger partial charge on any atom is 0.414 e. The molecule has 1 heterocycles. The molecule has 0 amide bonds. The first-order valence-corrected chi connectivity index (χ1v) is 6.91. The molecule has 6 nitrogen and oxygen atoms in total. The molecule has 0 aliphatic rings. The van der Waals surface area contributed by atoms with Crippen LogP contribution in [-0.4, -0.2) is 28.2 Å². The van der Waals surface area contributed by atoms with Crippen molar-refractivity contribution in [3.63, 3.8) is 0 Å². The molecular formula is C15H18ClNO5. The van der Waals surface area contributed by atoms with Gasteiger partial charge in [0.05, 0.1) is 6.26 Å². The molecule has 120 valence electrons. The third-order valence-electron chi connectivity index (χ3n) is 3.16. The molecule has 2 aromatic rings. The molecule has 0 fully saturated rings. The van der Waals surface area contributed by atoms with Gasteiger partial charge in [0.2, 0.25) is 0 Å². The predicted molar refractivity (Wildman–Crippen MR) is 83.3 cm³/mol. The predicted octanol–water partition coefficient (Wildman–Crippen LogP) is 2.75. The molecule has 1 aromatic carbocycles. The summed E-state index contributed by atoms with van der Waals surface area (Å²) in [4.78, 5) is 18.2. The number of carboxylic acid groups (broad SMARTS) is 2. The Morgan fingerprint density at radius 3 is 2.27 bits per heavy atom. The third kappa shape index (κ3) is 3.99. The number of fused-ring (bicyclic) bond motifs is 1. The van der Waals surface area contributed by atoms with Crippen LogP contribution in [-0.2, 0) is 16.0 Å². The quantitative estimate of drug-likeness (QED) is 0.731. The van der Waals surface area contributed by atoms with E-state index in [0.717, 1.165) is 39.1 Å². The van der Waals surface area contributed by atoms with Gasteiger partial charge in [0.25, 0.3) is 0 Å². The fourth-order valence-electron chi connectivity index (χ4n) is 2.11. The molecule has 2 rings (SSSR count). The number of hydrogen-bond acceptors (Lipinski definition) is 4. The van der Waals surface area contributed by atoms with Gasteiger partial charge in [0, 0.05) is 22.0 Å². The van der Waals surface area contributed by atoms with Crippen LogP contribution < -0.4 is 5.73 Å². The van der Waals surface area contributed by atoms with Crippen LogP contribution in [0.1, 0.15) is 23.6 Å². The topological polar surface area (TPSA) is 114 Å². The SMILES string of the molecule is Cc1c(Cl)c(C)c2ccoc2c1CC(C)N.O=C(O)C(=O)O. The van der Waals surface area contributed by atoms with E-state index < -0.39 is 11.9 Å². The highest BCUT2D eigenvalue weighted by Crippen LogP contribution is 2.34. The minimum absolute atomic E-state index is 0.103. The summed E-state index contributed by atoms with van der Waals surface area (Å²) < 4.78 is 5.55. The van der Waals surface area contributed by atoms with Crippen LogP contribution in [0.2, 0.25) is 5.02 Å². The molecule has 0 radical (unpaired) electrons. The molecule has 0 bridgehead atoms. The van der Waals surface area contributed by atoms with E-state index in [1.165, 1.54) is 0 Å². The summed E-state index contributed by atoms with van der Waals surface area (Å²) in [5.74, 6) is -3.65. The number of hydrogen-bond donors (Lipinski definition) is 3. The Kier molecular flexibility index (Phi) is 5.96. The fraction of sp³-hybridized carbons (Fsp3) is 0.333. The van der Waals surface area contributed by atoms with Gasteiger partial charge in [-0.05, 0) is 44.4 Å². The molecular weight excluding hydrogens is 310 g/mol. The van der Waals surface area contributed by atoms with Gasteiger partial charge in [0.15, 0.2) is 0 Å². The van der Waals surface area contributed by atoms with Crippen LogP contribution >= 0.6 is 11.6 Å². The largest absolute Gasteiger partial charge is 0.473 e. The van der Waals surface area contributed by atoms with Gasteiger partial charge >= 0.3 is 11.9 Å². The molecule has 0 saturated carbocycles. The van der Waals surface area contributed by atoms with Crippen molar-refractivity contribution in [2.24, 2.45) is 5.73 Å². The number of benzene rings is 1. The van der Waals surface area contributed by atoms with E-state index in [1.807, 2.05) is 26.8 Å². The highest BCUT2D eigenvalue weighted by atomic mass is 35.5. The van der Waals surface area contributed by atoms with Gasteiger partial charge in [0.1, 0.15) is 5.58 Å². The fourth-order valence-corrected chi connectivity index (χ4v) is 2.32. The van der Waals surface area contributed by atoms with Crippen LogP contribution in [0.3, 0.4) is 0 Å². The lowest BCUT2D eigenvalue weighted by Gasteiger charge is -2.13. The van der Waals surface area contributed by atoms with Crippen LogP contribution in [0, 0.1) is 13.8 Å². The number of nitrogens with two attached hydrogens (primary N) is 1. The smallest absolute Gasteiger partial charge is 0.414 e. The Balaban J connectivity index is 0.000000346. The summed E-state index contributed by atoms with van der Waals surface area (Å²) in [6, 6.07) is 2.06. The van der Waals surface area contributed by atoms with Crippen molar-refractivity contribution >= 4 is 34.5 Å². The molecule has 0 spiro atoms. The molecule has 1 unspecified atom stereocenters. The van der Waals surface area contributed by atoms with Gasteiger partial charge in [-0.1, -0.05) is 11.6 Å². The Morgan fingerprint density at radius 2 is 1.82 bits per heavy atom. The minimum atomic E-state index is -1.82. The maximum atomic E-state index is 9.10. The van der Waals surface area contributed by atoms with E-state index in [1.54, 1.807) is 6.26 Å². The molecule has 0 aliphatic carbocycles. The second-order valence-corrected chi connectivity index (χ2v) is 5.38. The molecule has 1 atom stereocenters. The second kappa shape index (κ2) is 7.29. The van der Waals surface area contributed by atoms with Gasteiger partial charge in [-0.15, -0.1) is 0 Å². The van der Waals surface area contributed by atoms with Crippen molar-refractivity contribution in [2.75, 3.05) is 0 Å². The van der Waals surface area contributed by atoms with E-state index >= 15 is 0 Å². The first kappa shape index (κ1) is 18.0. The zero-order valence-corrected chi connectivity index (χ0v) is 13.3. The summed E-state index contributed by atoms with van der Waals surface area (Å²) in [7, 11) is 0. The van der Waals surface area contributed by atoms with Crippen molar-refractivity contribution in [1.82, 2.24) is 0 Å². The monoisotopic (exact) mass is 327 g/mol. The van der Waals surface area contributed by atoms with Gasteiger partial charge in [-0.2, -0.15) is 0 Å². The number of rotatable bonds is 2. The highest BCUT2D eigenvalue weighted by molar-refractivity contribution is 6.33.